The van der Waals surface area contributed by atoms with Crippen LogP contribution in [-0.2, 0) is 21.4 Å². The molecule has 0 atom stereocenters. The zero-order valence-corrected chi connectivity index (χ0v) is 19.2. The van der Waals surface area contributed by atoms with Crippen molar-refractivity contribution in [1.29, 1.82) is 0 Å². The van der Waals surface area contributed by atoms with Crippen LogP contribution in [0.15, 0.2) is 42.5 Å². The Morgan fingerprint density at radius 1 is 1.03 bits per heavy atom. The Morgan fingerprint density at radius 3 is 2.39 bits per heavy atom. The van der Waals surface area contributed by atoms with Crippen LogP contribution in [0.25, 0.3) is 21.8 Å². The summed E-state index contributed by atoms with van der Waals surface area (Å²) in [4.78, 5) is 12.9. The molecule has 1 aliphatic rings. The van der Waals surface area contributed by atoms with E-state index in [9.17, 15) is 13.2 Å². The van der Waals surface area contributed by atoms with Gasteiger partial charge in [0.05, 0.1) is 5.25 Å². The maximum atomic E-state index is 12.9. The third kappa shape index (κ3) is 4.34. The van der Waals surface area contributed by atoms with Crippen LogP contribution < -0.4 is 10.0 Å². The maximum Gasteiger partial charge on any atom is 0.227 e. The molecule has 1 fully saturated rings. The molecule has 1 aliphatic carbocycles. The number of aromatic nitrogens is 1. The fourth-order valence-corrected chi connectivity index (χ4v) is 5.53. The molecule has 0 aliphatic heterocycles. The van der Waals surface area contributed by atoms with Crippen LogP contribution >= 0.6 is 0 Å². The largest absolute Gasteiger partial charge is 0.341 e. The van der Waals surface area contributed by atoms with E-state index in [1.807, 2.05) is 18.2 Å². The summed E-state index contributed by atoms with van der Waals surface area (Å²) in [5.41, 5.74) is 3.17. The molecular formula is C24H31N3O3S. The molecule has 0 radical (unpaired) electrons. The van der Waals surface area contributed by atoms with Crippen molar-refractivity contribution in [2.45, 2.75) is 64.3 Å². The molecule has 0 saturated heterocycles. The zero-order valence-electron chi connectivity index (χ0n) is 18.4. The SMILES string of the molecule is CCn1c2ccccc2c2cc(NC(=O)C3CCC(NS(=O)(=O)C(C)C)CC3)ccc21. The predicted octanol–water partition coefficient (Wildman–Crippen LogP) is 4.64. The van der Waals surface area contributed by atoms with Crippen LogP contribution in [0.3, 0.4) is 0 Å². The number of aryl methyl sites for hydroxylation is 1. The lowest BCUT2D eigenvalue weighted by Crippen LogP contribution is -2.42. The summed E-state index contributed by atoms with van der Waals surface area (Å²) in [6, 6.07) is 14.4. The number of carbonyl (C=O) groups excluding carboxylic acids is 1. The Morgan fingerprint density at radius 2 is 1.71 bits per heavy atom. The molecule has 2 N–H and O–H groups in total. The predicted molar refractivity (Wildman–Crippen MR) is 127 cm³/mol. The van der Waals surface area contributed by atoms with Crippen LogP contribution in [0.1, 0.15) is 46.5 Å². The quantitative estimate of drug-likeness (QED) is 0.585. The standard InChI is InChI=1S/C24H31N3O3S/c1-4-27-22-8-6-5-7-20(22)21-15-19(13-14-23(21)27)25-24(28)17-9-11-18(12-10-17)26-31(29,30)16(2)3/h5-8,13-18,26H,4,9-12H2,1-3H3,(H,25,28). The van der Waals surface area contributed by atoms with Crippen molar-refractivity contribution in [3.05, 3.63) is 42.5 Å². The molecular weight excluding hydrogens is 410 g/mol. The summed E-state index contributed by atoms with van der Waals surface area (Å²) in [7, 11) is -3.28. The van der Waals surface area contributed by atoms with Gasteiger partial charge < -0.3 is 9.88 Å². The number of benzene rings is 2. The summed E-state index contributed by atoms with van der Waals surface area (Å²) in [5.74, 6) is -0.0729. The number of para-hydroxylation sites is 1. The van der Waals surface area contributed by atoms with Crippen LogP contribution in [-0.4, -0.2) is 30.2 Å². The van der Waals surface area contributed by atoms with Gasteiger partial charge >= 0.3 is 0 Å². The monoisotopic (exact) mass is 441 g/mol. The Labute approximate surface area is 184 Å². The van der Waals surface area contributed by atoms with Crippen molar-refractivity contribution >= 4 is 43.4 Å². The first-order valence-corrected chi connectivity index (χ1v) is 12.7. The second-order valence-corrected chi connectivity index (χ2v) is 11.0. The first kappa shape index (κ1) is 21.8. The normalized spacial score (nSPS) is 19.9. The van der Waals surface area contributed by atoms with Crippen LogP contribution in [0, 0.1) is 5.92 Å². The topological polar surface area (TPSA) is 80.2 Å². The van der Waals surface area contributed by atoms with E-state index in [4.69, 9.17) is 0 Å². The third-order valence-corrected chi connectivity index (χ3v) is 8.31. The Hall–Kier alpha value is -2.38. The highest BCUT2D eigenvalue weighted by Crippen LogP contribution is 2.32. The Balaban J connectivity index is 1.45. The third-order valence-electron chi connectivity index (χ3n) is 6.41. The summed E-state index contributed by atoms with van der Waals surface area (Å²) >= 11 is 0. The molecule has 7 heteroatoms. The first-order chi connectivity index (χ1) is 14.8. The molecule has 1 saturated carbocycles. The van der Waals surface area contributed by atoms with Crippen LogP contribution in [0.5, 0.6) is 0 Å². The fourth-order valence-electron chi connectivity index (χ4n) is 4.56. The molecule has 2 aromatic carbocycles. The van der Waals surface area contributed by atoms with E-state index in [0.717, 1.165) is 17.6 Å². The second-order valence-electron chi connectivity index (χ2n) is 8.74. The van der Waals surface area contributed by atoms with Crippen LogP contribution in [0.2, 0.25) is 0 Å². The fraction of sp³-hybridized carbons (Fsp3) is 0.458. The summed E-state index contributed by atoms with van der Waals surface area (Å²) in [6.07, 6.45) is 2.75. The minimum Gasteiger partial charge on any atom is -0.341 e. The minimum atomic E-state index is -3.28. The van der Waals surface area contributed by atoms with Crippen molar-refractivity contribution in [1.82, 2.24) is 9.29 Å². The summed E-state index contributed by atoms with van der Waals surface area (Å²) < 4.78 is 29.2. The number of rotatable bonds is 6. The summed E-state index contributed by atoms with van der Waals surface area (Å²) in [6.45, 7) is 6.38. The van der Waals surface area contributed by atoms with Gasteiger partial charge in [0.15, 0.2) is 0 Å². The highest BCUT2D eigenvalue weighted by atomic mass is 32.2. The van der Waals surface area contributed by atoms with Gasteiger partial charge in [0.25, 0.3) is 0 Å². The lowest BCUT2D eigenvalue weighted by atomic mass is 9.86. The van der Waals surface area contributed by atoms with E-state index < -0.39 is 15.3 Å². The van der Waals surface area contributed by atoms with Gasteiger partial charge in [-0.15, -0.1) is 0 Å². The Kier molecular flexibility index (Phi) is 6.08. The number of hydrogen-bond acceptors (Lipinski definition) is 3. The van der Waals surface area contributed by atoms with E-state index >= 15 is 0 Å². The number of nitrogens with zero attached hydrogens (tertiary/aromatic N) is 1. The lowest BCUT2D eigenvalue weighted by molar-refractivity contribution is -0.120. The maximum absolute atomic E-state index is 12.9. The van der Waals surface area contributed by atoms with Crippen LogP contribution in [0.4, 0.5) is 5.69 Å². The number of fused-ring (bicyclic) bond motifs is 3. The average Bonchev–Trinajstić information content (AvgIpc) is 3.07. The molecule has 6 nitrogen and oxygen atoms in total. The highest BCUT2D eigenvalue weighted by molar-refractivity contribution is 7.90. The van der Waals surface area contributed by atoms with Crippen molar-refractivity contribution < 1.29 is 13.2 Å². The van der Waals surface area contributed by atoms with Gasteiger partial charge in [0.1, 0.15) is 0 Å². The van der Waals surface area contributed by atoms with Gasteiger partial charge in [0, 0.05) is 46.0 Å². The highest BCUT2D eigenvalue weighted by Gasteiger charge is 2.29. The molecule has 31 heavy (non-hydrogen) atoms. The molecule has 0 unspecified atom stereocenters. The van der Waals surface area contributed by atoms with Crippen molar-refractivity contribution in [2.75, 3.05) is 5.32 Å². The number of anilines is 1. The minimum absolute atomic E-state index is 0.0174. The number of hydrogen-bond donors (Lipinski definition) is 2. The number of nitrogens with one attached hydrogen (secondary N) is 2. The summed E-state index contributed by atoms with van der Waals surface area (Å²) in [5, 5.41) is 4.98. The van der Waals surface area contributed by atoms with Gasteiger partial charge in [-0.3, -0.25) is 4.79 Å². The number of carbonyl (C=O) groups is 1. The van der Waals surface area contributed by atoms with E-state index in [1.54, 1.807) is 13.8 Å². The molecule has 1 aromatic heterocycles. The molecule has 0 bridgehead atoms. The second kappa shape index (κ2) is 8.63. The molecule has 3 aromatic rings. The average molecular weight is 442 g/mol. The van der Waals surface area contributed by atoms with Crippen molar-refractivity contribution in [2.24, 2.45) is 5.92 Å². The first-order valence-electron chi connectivity index (χ1n) is 11.1. The van der Waals surface area contributed by atoms with E-state index in [1.165, 1.54) is 16.4 Å². The zero-order chi connectivity index (χ0) is 22.2. The molecule has 4 rings (SSSR count). The molecule has 0 spiro atoms. The van der Waals surface area contributed by atoms with Gasteiger partial charge in [-0.05, 0) is 70.7 Å². The number of sulfonamides is 1. The number of amides is 1. The van der Waals surface area contributed by atoms with Crippen molar-refractivity contribution in [3.63, 3.8) is 0 Å². The van der Waals surface area contributed by atoms with E-state index in [0.29, 0.717) is 25.7 Å². The lowest BCUT2D eigenvalue weighted by Gasteiger charge is -2.28. The van der Waals surface area contributed by atoms with Gasteiger partial charge in [-0.1, -0.05) is 18.2 Å². The molecule has 1 heterocycles. The smallest absolute Gasteiger partial charge is 0.227 e. The van der Waals surface area contributed by atoms with Crippen molar-refractivity contribution in [3.8, 4) is 0 Å². The van der Waals surface area contributed by atoms with E-state index in [2.05, 4.69) is 45.8 Å². The van der Waals surface area contributed by atoms with E-state index in [-0.39, 0.29) is 17.9 Å². The Bertz CT molecular complexity index is 1210. The molecule has 166 valence electrons. The van der Waals surface area contributed by atoms with Gasteiger partial charge in [-0.25, -0.2) is 13.1 Å². The molecule has 1 amide bonds. The van der Waals surface area contributed by atoms with Gasteiger partial charge in [0.2, 0.25) is 15.9 Å². The van der Waals surface area contributed by atoms with Gasteiger partial charge in [-0.2, -0.15) is 0 Å².